The van der Waals surface area contributed by atoms with Crippen LogP contribution in [0.1, 0.15) is 20.4 Å². The topological polar surface area (TPSA) is 39.2 Å². The van der Waals surface area contributed by atoms with E-state index in [1.54, 1.807) is 16.7 Å². The lowest BCUT2D eigenvalue weighted by Gasteiger charge is -1.99. The Hall–Kier alpha value is -1.20. The van der Waals surface area contributed by atoms with E-state index >= 15 is 0 Å². The minimum absolute atomic E-state index is 0.326. The van der Waals surface area contributed by atoms with Crippen LogP contribution in [0.2, 0.25) is 0 Å². The highest BCUT2D eigenvalue weighted by molar-refractivity contribution is 7.10. The van der Waals surface area contributed by atoms with Crippen molar-refractivity contribution < 1.29 is 9.53 Å². The van der Waals surface area contributed by atoms with E-state index in [9.17, 15) is 4.79 Å². The second kappa shape index (κ2) is 4.55. The number of aromatic nitrogens is 1. The van der Waals surface area contributed by atoms with E-state index in [0.29, 0.717) is 12.3 Å². The normalized spacial score (nSPS) is 10.2. The number of thiophene rings is 1. The van der Waals surface area contributed by atoms with Gasteiger partial charge in [0.25, 0.3) is 0 Å². The van der Waals surface area contributed by atoms with Crippen LogP contribution >= 0.6 is 22.7 Å². The second-order valence-electron chi connectivity index (χ2n) is 2.91. The van der Waals surface area contributed by atoms with Crippen molar-refractivity contribution >= 4 is 28.6 Å². The number of thiazole rings is 1. The average Bonchev–Trinajstić information content (AvgIpc) is 2.84. The molecule has 2 aromatic heterocycles. The molecule has 0 aliphatic carbocycles. The highest BCUT2D eigenvalue weighted by atomic mass is 32.1. The summed E-state index contributed by atoms with van der Waals surface area (Å²) in [6.07, 6.45) is 0. The Morgan fingerprint density at radius 2 is 2.40 bits per heavy atom. The van der Waals surface area contributed by atoms with Crippen LogP contribution in [0, 0.1) is 6.92 Å². The van der Waals surface area contributed by atoms with E-state index in [0.717, 1.165) is 9.88 Å². The maximum absolute atomic E-state index is 11.5. The summed E-state index contributed by atoms with van der Waals surface area (Å²) in [6.45, 7) is 2.19. The summed E-state index contributed by atoms with van der Waals surface area (Å²) in [7, 11) is 0. The van der Waals surface area contributed by atoms with Crippen molar-refractivity contribution in [3.63, 3.8) is 0 Å². The Bertz CT molecular complexity index is 448. The monoisotopic (exact) mass is 239 g/mol. The van der Waals surface area contributed by atoms with Crippen molar-refractivity contribution in [2.24, 2.45) is 0 Å². The molecule has 2 heterocycles. The fourth-order valence-electron chi connectivity index (χ4n) is 1.06. The number of carbonyl (C=O) groups is 1. The largest absolute Gasteiger partial charge is 0.455 e. The van der Waals surface area contributed by atoms with Crippen LogP contribution in [0.4, 0.5) is 0 Å². The van der Waals surface area contributed by atoms with Crippen LogP contribution in [-0.4, -0.2) is 11.0 Å². The molecule has 0 aliphatic rings. The second-order valence-corrected chi connectivity index (χ2v) is 5.00. The molecule has 2 aromatic rings. The Balaban J connectivity index is 1.93. The summed E-state index contributed by atoms with van der Waals surface area (Å²) in [5.74, 6) is -0.354. The summed E-state index contributed by atoms with van der Waals surface area (Å²) in [5.41, 5.74) is 0.397. The fraction of sp³-hybridized carbons (Fsp3) is 0.200. The fourth-order valence-corrected chi connectivity index (χ4v) is 2.26. The number of carbonyl (C=O) groups excluding carboxylic acids is 1. The van der Waals surface area contributed by atoms with Gasteiger partial charge in [-0.3, -0.25) is 0 Å². The molecule has 0 aliphatic heterocycles. The molecule has 78 valence electrons. The Labute approximate surface area is 95.4 Å². The lowest BCUT2D eigenvalue weighted by atomic mass is 10.5. The minimum Gasteiger partial charge on any atom is -0.455 e. The summed E-state index contributed by atoms with van der Waals surface area (Å²) >= 11 is 3.02. The van der Waals surface area contributed by atoms with Gasteiger partial charge in [0, 0.05) is 10.3 Å². The Morgan fingerprint density at radius 3 is 3.00 bits per heavy atom. The number of esters is 1. The zero-order valence-corrected chi connectivity index (χ0v) is 9.73. The molecule has 0 unspecified atom stereocenters. The molecule has 0 bridgehead atoms. The molecule has 0 saturated carbocycles. The predicted octanol–water partition coefficient (Wildman–Crippen LogP) is 2.87. The quantitative estimate of drug-likeness (QED) is 0.773. The van der Waals surface area contributed by atoms with Gasteiger partial charge in [-0.2, -0.15) is 0 Å². The maximum Gasteiger partial charge on any atom is 0.358 e. The molecule has 15 heavy (non-hydrogen) atoms. The molecule has 0 atom stereocenters. The van der Waals surface area contributed by atoms with Crippen LogP contribution in [0.3, 0.4) is 0 Å². The van der Waals surface area contributed by atoms with Crippen LogP contribution in [-0.2, 0) is 11.3 Å². The molecule has 0 N–H and O–H groups in total. The third-order valence-electron chi connectivity index (χ3n) is 1.75. The highest BCUT2D eigenvalue weighted by Crippen LogP contribution is 2.13. The zero-order chi connectivity index (χ0) is 10.7. The van der Waals surface area contributed by atoms with Crippen molar-refractivity contribution in [3.05, 3.63) is 38.5 Å². The number of rotatable bonds is 3. The molecule has 0 amide bonds. The van der Waals surface area contributed by atoms with Crippen LogP contribution in [0.5, 0.6) is 0 Å². The van der Waals surface area contributed by atoms with Gasteiger partial charge in [0.1, 0.15) is 6.61 Å². The highest BCUT2D eigenvalue weighted by Gasteiger charge is 2.10. The molecule has 0 aromatic carbocycles. The molecular formula is C10H9NO2S2. The summed E-state index contributed by atoms with van der Waals surface area (Å²) < 4.78 is 5.10. The van der Waals surface area contributed by atoms with E-state index in [1.165, 1.54) is 11.3 Å². The van der Waals surface area contributed by atoms with Crippen LogP contribution in [0.25, 0.3) is 0 Å². The first kappa shape index (κ1) is 10.3. The SMILES string of the molecule is Cc1nc(C(=O)OCc2cccs2)cs1. The van der Waals surface area contributed by atoms with E-state index < -0.39 is 0 Å². The van der Waals surface area contributed by atoms with Crippen molar-refractivity contribution in [1.29, 1.82) is 0 Å². The van der Waals surface area contributed by atoms with E-state index in [1.807, 2.05) is 24.4 Å². The minimum atomic E-state index is -0.354. The molecule has 0 radical (unpaired) electrons. The lowest BCUT2D eigenvalue weighted by molar-refractivity contribution is 0.0470. The molecular weight excluding hydrogens is 230 g/mol. The molecule has 0 saturated heterocycles. The van der Waals surface area contributed by atoms with Gasteiger partial charge in [0.15, 0.2) is 5.69 Å². The maximum atomic E-state index is 11.5. The van der Waals surface area contributed by atoms with Gasteiger partial charge in [-0.1, -0.05) is 6.07 Å². The molecule has 3 nitrogen and oxygen atoms in total. The Kier molecular flexibility index (Phi) is 3.13. The summed E-state index contributed by atoms with van der Waals surface area (Å²) in [6, 6.07) is 3.87. The summed E-state index contributed by atoms with van der Waals surface area (Å²) in [5, 5.41) is 4.54. The smallest absolute Gasteiger partial charge is 0.358 e. The summed E-state index contributed by atoms with van der Waals surface area (Å²) in [4.78, 5) is 16.6. The number of ether oxygens (including phenoxy) is 1. The first-order valence-corrected chi connectivity index (χ1v) is 6.13. The molecule has 2 rings (SSSR count). The first-order chi connectivity index (χ1) is 7.25. The van der Waals surface area contributed by atoms with Crippen LogP contribution < -0.4 is 0 Å². The van der Waals surface area contributed by atoms with Gasteiger partial charge >= 0.3 is 5.97 Å². The van der Waals surface area contributed by atoms with Gasteiger partial charge < -0.3 is 4.74 Å². The molecule has 0 spiro atoms. The van der Waals surface area contributed by atoms with Crippen molar-refractivity contribution in [3.8, 4) is 0 Å². The van der Waals surface area contributed by atoms with Crippen molar-refractivity contribution in [1.82, 2.24) is 4.98 Å². The number of hydrogen-bond donors (Lipinski definition) is 0. The zero-order valence-electron chi connectivity index (χ0n) is 8.10. The third kappa shape index (κ3) is 2.64. The van der Waals surface area contributed by atoms with Crippen molar-refractivity contribution in [2.75, 3.05) is 0 Å². The molecule has 0 fully saturated rings. The predicted molar refractivity (Wildman–Crippen MR) is 60.3 cm³/mol. The first-order valence-electron chi connectivity index (χ1n) is 4.37. The Morgan fingerprint density at radius 1 is 1.53 bits per heavy atom. The lowest BCUT2D eigenvalue weighted by Crippen LogP contribution is -2.04. The van der Waals surface area contributed by atoms with E-state index in [4.69, 9.17) is 4.74 Å². The number of aryl methyl sites for hydroxylation is 1. The standard InChI is InChI=1S/C10H9NO2S2/c1-7-11-9(6-15-7)10(12)13-5-8-3-2-4-14-8/h2-4,6H,5H2,1H3. The number of nitrogens with zero attached hydrogens (tertiary/aromatic N) is 1. The van der Waals surface area contributed by atoms with Crippen molar-refractivity contribution in [2.45, 2.75) is 13.5 Å². The van der Waals surface area contributed by atoms with Gasteiger partial charge in [0.05, 0.1) is 5.01 Å². The molecule has 5 heteroatoms. The average molecular weight is 239 g/mol. The van der Waals surface area contributed by atoms with E-state index in [2.05, 4.69) is 4.98 Å². The van der Waals surface area contributed by atoms with Gasteiger partial charge in [-0.25, -0.2) is 9.78 Å². The van der Waals surface area contributed by atoms with Crippen LogP contribution in [0.15, 0.2) is 22.9 Å². The van der Waals surface area contributed by atoms with Gasteiger partial charge in [0.2, 0.25) is 0 Å². The number of hydrogen-bond acceptors (Lipinski definition) is 5. The van der Waals surface area contributed by atoms with Gasteiger partial charge in [-0.05, 0) is 18.4 Å². The van der Waals surface area contributed by atoms with Gasteiger partial charge in [-0.15, -0.1) is 22.7 Å². The third-order valence-corrected chi connectivity index (χ3v) is 3.38. The van der Waals surface area contributed by atoms with E-state index in [-0.39, 0.29) is 5.97 Å².